The maximum atomic E-state index is 13.9. The number of benzene rings is 4. The van der Waals surface area contributed by atoms with Crippen molar-refractivity contribution in [2.24, 2.45) is 0 Å². The van der Waals surface area contributed by atoms with Gasteiger partial charge in [-0.05, 0) is 82.3 Å². The average Bonchev–Trinajstić information content (AvgIpc) is 1.79. The number of nitro groups is 4. The van der Waals surface area contributed by atoms with Crippen molar-refractivity contribution >= 4 is 54.7 Å². The van der Waals surface area contributed by atoms with Crippen molar-refractivity contribution in [3.8, 4) is 46.0 Å². The van der Waals surface area contributed by atoms with Crippen molar-refractivity contribution in [2.75, 3.05) is 107 Å². The van der Waals surface area contributed by atoms with Gasteiger partial charge in [0.25, 0.3) is 46.4 Å². The Hall–Kier alpha value is -10.2. The predicted octanol–water partition coefficient (Wildman–Crippen LogP) is 10.4. The first kappa shape index (κ1) is 82.1. The molecule has 4 atom stereocenters. The molecule has 4 heterocycles. The van der Waals surface area contributed by atoms with Crippen molar-refractivity contribution < 1.29 is 96.5 Å². The molecule has 0 aromatic heterocycles. The molecule has 4 amide bonds. The number of carbonyl (C=O) groups excluding carboxylic acids is 4. The highest BCUT2D eigenvalue weighted by Crippen LogP contribution is 2.43. The maximum absolute atomic E-state index is 13.9. The van der Waals surface area contributed by atoms with Crippen LogP contribution in [0.5, 0.6) is 46.0 Å². The number of amides is 4. The van der Waals surface area contributed by atoms with Gasteiger partial charge in [0.2, 0.25) is 0 Å². The van der Waals surface area contributed by atoms with Gasteiger partial charge in [-0.25, -0.2) is 0 Å². The van der Waals surface area contributed by atoms with Crippen LogP contribution >= 0.6 is 0 Å². The van der Waals surface area contributed by atoms with Gasteiger partial charge in [0, 0.05) is 50.4 Å². The van der Waals surface area contributed by atoms with Crippen LogP contribution in [0.15, 0.2) is 97.1 Å². The van der Waals surface area contributed by atoms with Crippen LogP contribution in [0, 0.1) is 40.5 Å². The molecule has 4 saturated heterocycles. The largest absolute Gasteiger partial charge is 0.493 e. The number of aliphatic hydroxyl groups excluding tert-OH is 3. The molecule has 32 nitrogen and oxygen atoms in total. The van der Waals surface area contributed by atoms with Crippen LogP contribution in [0.1, 0.15) is 126 Å². The fourth-order valence-corrected chi connectivity index (χ4v) is 13.3. The van der Waals surface area contributed by atoms with Crippen LogP contribution in [0.2, 0.25) is 18.1 Å². The van der Waals surface area contributed by atoms with Crippen LogP contribution in [0.4, 0.5) is 22.7 Å². The number of methoxy groups -OCH3 is 4. The minimum absolute atomic E-state index is 0.0274. The highest BCUT2D eigenvalue weighted by atomic mass is 28.4. The molecule has 4 aromatic rings. The number of hydrogen-bond acceptors (Lipinski definition) is 24. The zero-order valence-corrected chi connectivity index (χ0v) is 61.8. The van der Waals surface area contributed by atoms with E-state index >= 15 is 0 Å². The SMILES string of the molecule is C=C1C[C@@H](CO)N(C(=O)c2cc(OC)c(OCCCCCOc3cc([N+](=O)[O-])c(C(=O)N4CC(=C)C[C@H]4CO)cc3OC)cc2[N+](=O)[O-])C1.C=C1C[C@@H](CO)N(C(=O)c2cc(OC)c(OCCCCCOc3cc([N+](=O)[O-])c(C(=O)N4CC(=C)C[C@H]4CO[Si](C)(C)C(C)(C)C)cc3OC)cc2[N+](=O)[O-])C1. The number of unbranched alkanes of at least 4 members (excludes halogenated alkanes) is 4. The van der Waals surface area contributed by atoms with Gasteiger partial charge in [0.1, 0.15) is 22.3 Å². The molecule has 4 aliphatic rings. The fraction of sp³-hybridized carbons (Fsp3) is 0.500. The Morgan fingerprint density at radius 2 is 0.648 bits per heavy atom. The summed E-state index contributed by atoms with van der Waals surface area (Å²) in [5.74, 6) is -1.41. The molecule has 4 aromatic carbocycles. The number of nitrogens with zero attached hydrogens (tertiary/aromatic N) is 8. The van der Waals surface area contributed by atoms with Gasteiger partial charge in [-0.2, -0.15) is 0 Å². The molecule has 0 spiro atoms. The van der Waals surface area contributed by atoms with Crippen LogP contribution in [-0.4, -0.2) is 218 Å². The minimum Gasteiger partial charge on any atom is -0.493 e. The summed E-state index contributed by atoms with van der Waals surface area (Å²) >= 11 is 0. The zero-order chi connectivity index (χ0) is 77.4. The Bertz CT molecular complexity index is 3850. The van der Waals surface area contributed by atoms with E-state index in [0.29, 0.717) is 70.8 Å². The Morgan fingerprint density at radius 3 is 0.857 bits per heavy atom. The first-order chi connectivity index (χ1) is 49.8. The molecule has 0 radical (unpaired) electrons. The van der Waals surface area contributed by atoms with Crippen LogP contribution in [0.3, 0.4) is 0 Å². The third kappa shape index (κ3) is 20.0. The lowest BCUT2D eigenvalue weighted by atomic mass is 10.1. The predicted molar refractivity (Wildman–Crippen MR) is 387 cm³/mol. The molecule has 4 fully saturated rings. The standard InChI is InChI=1S/C39H54N4O12Si.C33H40N4O12/c1-25-15-27(23-44)40(21-25)37(45)29-17-33(51-6)35(19-31(29)42(47)48)53-13-11-10-12-14-54-36-20-32(43(49)50)30(18-34(36)52-7)38(46)41-22-26(2)16-28(41)24-55-56(8,9)39(3,4)5;1-20-10-22(18-38)34(16-20)32(40)24-12-28(46-3)30(14-26(24)36(42)43)48-8-6-5-7-9-49-31-15-27(37(44)45)25(13-29(31)47-4)33(41)35-17-21(2)11-23(35)19-39/h17-20,27-28,44H,1-2,10-16,21-24H2,3-9H3;12-15,22-23,38-39H,1-2,5-11,16-19H2,3-4H3/t27-,28-;22-,23-/m00/s1. The molecule has 0 saturated carbocycles. The Labute approximate surface area is 609 Å². The molecule has 3 N–H and O–H groups in total. The van der Waals surface area contributed by atoms with Crippen molar-refractivity contribution in [1.82, 2.24) is 19.6 Å². The number of rotatable bonds is 34. The first-order valence-corrected chi connectivity index (χ1v) is 37.0. The average molecular weight is 1480 g/mol. The van der Waals surface area contributed by atoms with E-state index in [1.165, 1.54) is 73.5 Å². The lowest BCUT2D eigenvalue weighted by Gasteiger charge is -2.38. The number of aliphatic hydroxyl groups is 3. The third-order valence-corrected chi connectivity index (χ3v) is 23.5. The molecule has 8 rings (SSSR count). The number of hydrogen-bond donors (Lipinski definition) is 3. The highest BCUT2D eigenvalue weighted by Gasteiger charge is 2.43. The summed E-state index contributed by atoms with van der Waals surface area (Å²) < 4.78 is 51.3. The number of likely N-dealkylation sites (tertiary alicyclic amines) is 4. The van der Waals surface area contributed by atoms with Gasteiger partial charge in [-0.1, -0.05) is 69.4 Å². The summed E-state index contributed by atoms with van der Waals surface area (Å²) in [6.07, 6.45) is 4.99. The van der Waals surface area contributed by atoms with E-state index in [9.17, 15) is 75.0 Å². The molecular formula is C72H94N8O24Si. The van der Waals surface area contributed by atoms with Gasteiger partial charge in [-0.3, -0.25) is 59.6 Å². The summed E-state index contributed by atoms with van der Waals surface area (Å²) in [5, 5.41) is 77.1. The van der Waals surface area contributed by atoms with Crippen LogP contribution in [0.25, 0.3) is 0 Å². The normalized spacial score (nSPS) is 17.3. The highest BCUT2D eigenvalue weighted by molar-refractivity contribution is 6.74. The fourth-order valence-electron chi connectivity index (χ4n) is 12.3. The minimum atomic E-state index is -2.12. The molecular weight excluding hydrogens is 1390 g/mol. The lowest BCUT2D eigenvalue weighted by Crippen LogP contribution is -2.46. The van der Waals surface area contributed by atoms with Gasteiger partial charge >= 0.3 is 0 Å². The monoisotopic (exact) mass is 1480 g/mol. The Balaban J connectivity index is 0.000000296. The van der Waals surface area contributed by atoms with Gasteiger partial charge in [-0.15, -0.1) is 0 Å². The number of nitro benzene ring substituents is 4. The Morgan fingerprint density at radius 1 is 0.419 bits per heavy atom. The summed E-state index contributed by atoms with van der Waals surface area (Å²) in [7, 11) is 3.34. The van der Waals surface area contributed by atoms with E-state index in [0.717, 1.165) is 40.5 Å². The van der Waals surface area contributed by atoms with Gasteiger partial charge in [0.05, 0.1) is 149 Å². The van der Waals surface area contributed by atoms with Gasteiger partial charge < -0.3 is 77.2 Å². The summed E-state index contributed by atoms with van der Waals surface area (Å²) in [6, 6.07) is 7.92. The zero-order valence-electron chi connectivity index (χ0n) is 60.8. The number of carbonyl (C=O) groups is 4. The molecule has 33 heteroatoms. The maximum Gasteiger partial charge on any atom is 0.286 e. The second-order valence-electron chi connectivity index (χ2n) is 27.4. The first-order valence-electron chi connectivity index (χ1n) is 34.1. The van der Waals surface area contributed by atoms with Crippen molar-refractivity contribution in [2.45, 2.75) is 127 Å². The van der Waals surface area contributed by atoms with E-state index in [-0.39, 0.29) is 152 Å². The van der Waals surface area contributed by atoms with E-state index in [1.807, 2.05) is 0 Å². The summed E-state index contributed by atoms with van der Waals surface area (Å²) in [5.41, 5.74) is 0.590. The molecule has 4 aliphatic heterocycles. The quantitative estimate of drug-likeness (QED) is 0.0129. The van der Waals surface area contributed by atoms with Crippen molar-refractivity contribution in [3.63, 3.8) is 0 Å². The van der Waals surface area contributed by atoms with E-state index in [1.54, 1.807) is 4.90 Å². The van der Waals surface area contributed by atoms with Crippen LogP contribution in [-0.2, 0) is 4.43 Å². The lowest BCUT2D eigenvalue weighted by molar-refractivity contribution is -0.385. The molecule has 0 bridgehead atoms. The second-order valence-corrected chi connectivity index (χ2v) is 32.2. The van der Waals surface area contributed by atoms with E-state index < -0.39 is 92.5 Å². The molecule has 570 valence electrons. The van der Waals surface area contributed by atoms with Gasteiger partial charge in [0.15, 0.2) is 54.3 Å². The van der Waals surface area contributed by atoms with Crippen LogP contribution < -0.4 is 37.9 Å². The van der Waals surface area contributed by atoms with Crippen molar-refractivity contribution in [1.29, 1.82) is 0 Å². The molecule has 105 heavy (non-hydrogen) atoms. The summed E-state index contributed by atoms with van der Waals surface area (Å²) in [4.78, 5) is 105. The second kappa shape index (κ2) is 36.5. The van der Waals surface area contributed by atoms with E-state index in [2.05, 4.69) is 60.2 Å². The molecule has 0 aliphatic carbocycles. The summed E-state index contributed by atoms with van der Waals surface area (Å²) in [6.45, 7) is 27.2. The van der Waals surface area contributed by atoms with E-state index in [4.69, 9.17) is 42.3 Å². The third-order valence-electron chi connectivity index (χ3n) is 19.0. The number of ether oxygens (including phenoxy) is 8. The molecule has 0 unspecified atom stereocenters. The Kier molecular flexibility index (Phi) is 28.5. The van der Waals surface area contributed by atoms with Crippen molar-refractivity contribution in [3.05, 3.63) is 160 Å². The smallest absolute Gasteiger partial charge is 0.286 e. The topological polar surface area (TPSA) is 398 Å².